The van der Waals surface area contributed by atoms with Gasteiger partial charge in [0.05, 0.1) is 12.8 Å². The van der Waals surface area contributed by atoms with Gasteiger partial charge in [0.25, 0.3) is 5.89 Å². The Bertz CT molecular complexity index is 898. The zero-order chi connectivity index (χ0) is 19.0. The van der Waals surface area contributed by atoms with Crippen molar-refractivity contribution in [3.63, 3.8) is 0 Å². The zero-order valence-electron chi connectivity index (χ0n) is 13.9. The SMILES string of the molecule is OC[C@H]1O[C@@H](n2cc(-c3nnc(-c4ccccc4)o3)nn2)[C@H](O)[C@@H](O)[C@@H]1O. The molecule has 0 amide bonds. The number of nitrogens with zero attached hydrogens (tertiary/aromatic N) is 5. The standard InChI is InChI=1S/C16H17N5O6/c22-7-10-11(23)12(24)13(25)16(26-10)21-6-9(17-20-21)15-19-18-14(27-15)8-4-2-1-3-5-8/h1-6,10-13,16,22-25H,7H2/t10-,11-,12+,13-,16-/m1/s1. The van der Waals surface area contributed by atoms with Crippen LogP contribution in [0, 0.1) is 0 Å². The van der Waals surface area contributed by atoms with E-state index in [1.165, 1.54) is 6.20 Å². The molecule has 11 nitrogen and oxygen atoms in total. The van der Waals surface area contributed by atoms with Crippen molar-refractivity contribution in [1.82, 2.24) is 25.2 Å². The molecule has 1 aromatic carbocycles. The highest BCUT2D eigenvalue weighted by Gasteiger charge is 2.44. The highest BCUT2D eigenvalue weighted by atomic mass is 16.6. The Labute approximate surface area is 152 Å². The van der Waals surface area contributed by atoms with Crippen molar-refractivity contribution in [2.75, 3.05) is 6.61 Å². The number of ether oxygens (including phenoxy) is 1. The van der Waals surface area contributed by atoms with Crippen molar-refractivity contribution in [1.29, 1.82) is 0 Å². The first-order valence-electron chi connectivity index (χ1n) is 8.20. The Kier molecular flexibility index (Phi) is 4.68. The fourth-order valence-electron chi connectivity index (χ4n) is 2.82. The molecule has 2 aromatic heterocycles. The number of rotatable bonds is 4. The maximum Gasteiger partial charge on any atom is 0.270 e. The number of benzene rings is 1. The summed E-state index contributed by atoms with van der Waals surface area (Å²) in [7, 11) is 0. The minimum atomic E-state index is -1.51. The number of hydrogen-bond acceptors (Lipinski definition) is 10. The van der Waals surface area contributed by atoms with Gasteiger partial charge < -0.3 is 29.6 Å². The van der Waals surface area contributed by atoms with E-state index in [1.54, 1.807) is 0 Å². The van der Waals surface area contributed by atoms with E-state index in [2.05, 4.69) is 20.5 Å². The van der Waals surface area contributed by atoms with Crippen LogP contribution in [-0.4, -0.2) is 76.6 Å². The number of aromatic nitrogens is 5. The van der Waals surface area contributed by atoms with Crippen molar-refractivity contribution >= 4 is 0 Å². The highest BCUT2D eigenvalue weighted by Crippen LogP contribution is 2.29. The molecular weight excluding hydrogens is 358 g/mol. The molecule has 27 heavy (non-hydrogen) atoms. The number of aliphatic hydroxyl groups is 4. The summed E-state index contributed by atoms with van der Waals surface area (Å²) in [4.78, 5) is 0. The molecule has 3 heterocycles. The molecule has 1 aliphatic rings. The van der Waals surface area contributed by atoms with E-state index in [9.17, 15) is 20.4 Å². The fourth-order valence-corrected chi connectivity index (χ4v) is 2.82. The largest absolute Gasteiger partial charge is 0.414 e. The summed E-state index contributed by atoms with van der Waals surface area (Å²) in [6, 6.07) is 9.19. The minimum Gasteiger partial charge on any atom is -0.414 e. The molecule has 11 heteroatoms. The molecule has 0 unspecified atom stereocenters. The Morgan fingerprint density at radius 1 is 0.926 bits per heavy atom. The molecule has 4 rings (SSSR count). The highest BCUT2D eigenvalue weighted by molar-refractivity contribution is 5.54. The van der Waals surface area contributed by atoms with Gasteiger partial charge in [0, 0.05) is 5.56 Å². The van der Waals surface area contributed by atoms with Gasteiger partial charge in [-0.2, -0.15) is 0 Å². The second-order valence-electron chi connectivity index (χ2n) is 6.08. The molecule has 0 saturated carbocycles. The predicted molar refractivity (Wildman–Crippen MR) is 87.8 cm³/mol. The number of aliphatic hydroxyl groups excluding tert-OH is 4. The van der Waals surface area contributed by atoms with Gasteiger partial charge in [-0.25, -0.2) is 4.68 Å². The Morgan fingerprint density at radius 3 is 2.41 bits per heavy atom. The quantitative estimate of drug-likeness (QED) is 0.444. The van der Waals surface area contributed by atoms with Crippen molar-refractivity contribution < 1.29 is 29.6 Å². The molecule has 1 fully saturated rings. The summed E-state index contributed by atoms with van der Waals surface area (Å²) < 4.78 is 12.2. The minimum absolute atomic E-state index is 0.115. The first-order chi connectivity index (χ1) is 13.1. The third kappa shape index (κ3) is 3.22. The third-order valence-electron chi connectivity index (χ3n) is 4.30. The molecule has 142 valence electrons. The topological polar surface area (TPSA) is 160 Å². The molecule has 4 N–H and O–H groups in total. The first-order valence-corrected chi connectivity index (χ1v) is 8.20. The van der Waals surface area contributed by atoms with E-state index >= 15 is 0 Å². The normalized spacial score (nSPS) is 28.4. The van der Waals surface area contributed by atoms with Crippen LogP contribution >= 0.6 is 0 Å². The average Bonchev–Trinajstić information content (AvgIpc) is 3.37. The van der Waals surface area contributed by atoms with Gasteiger partial charge in [-0.05, 0) is 12.1 Å². The van der Waals surface area contributed by atoms with E-state index in [1.807, 2.05) is 30.3 Å². The van der Waals surface area contributed by atoms with Crippen LogP contribution in [0.4, 0.5) is 0 Å². The third-order valence-corrected chi connectivity index (χ3v) is 4.30. The molecule has 1 saturated heterocycles. The molecule has 0 spiro atoms. The van der Waals surface area contributed by atoms with Gasteiger partial charge in [0.15, 0.2) is 11.9 Å². The maximum atomic E-state index is 10.2. The fraction of sp³-hybridized carbons (Fsp3) is 0.375. The average molecular weight is 375 g/mol. The molecule has 3 aromatic rings. The molecule has 0 aliphatic carbocycles. The van der Waals surface area contributed by atoms with Gasteiger partial charge in [-0.3, -0.25) is 0 Å². The van der Waals surface area contributed by atoms with Crippen molar-refractivity contribution in [2.45, 2.75) is 30.6 Å². The van der Waals surface area contributed by atoms with Gasteiger partial charge >= 0.3 is 0 Å². The van der Waals surface area contributed by atoms with E-state index in [-0.39, 0.29) is 11.6 Å². The Hall–Kier alpha value is -2.70. The Morgan fingerprint density at radius 2 is 1.67 bits per heavy atom. The molecular formula is C16H17N5O6. The lowest BCUT2D eigenvalue weighted by Crippen LogP contribution is -2.56. The smallest absolute Gasteiger partial charge is 0.270 e. The summed E-state index contributed by atoms with van der Waals surface area (Å²) in [6.07, 6.45) is -5.24. The number of hydrogen-bond donors (Lipinski definition) is 4. The molecule has 0 radical (unpaired) electrons. The van der Waals surface area contributed by atoms with Crippen molar-refractivity contribution in [3.05, 3.63) is 36.5 Å². The Balaban J connectivity index is 1.58. The van der Waals surface area contributed by atoms with Gasteiger partial charge in [0.2, 0.25) is 5.89 Å². The van der Waals surface area contributed by atoms with Crippen molar-refractivity contribution in [3.8, 4) is 23.0 Å². The van der Waals surface area contributed by atoms with Crippen LogP contribution in [0.15, 0.2) is 40.9 Å². The van der Waals surface area contributed by atoms with E-state index < -0.39 is 37.3 Å². The van der Waals surface area contributed by atoms with Gasteiger partial charge in [-0.15, -0.1) is 15.3 Å². The summed E-state index contributed by atoms with van der Waals surface area (Å²) in [6.45, 7) is -0.535. The molecule has 5 atom stereocenters. The molecule has 0 bridgehead atoms. The first kappa shape index (κ1) is 17.7. The predicted octanol–water partition coefficient (Wildman–Crippen LogP) is -1.03. The second kappa shape index (κ2) is 7.13. The maximum absolute atomic E-state index is 10.2. The second-order valence-corrected chi connectivity index (χ2v) is 6.08. The lowest BCUT2D eigenvalue weighted by molar-refractivity contribution is -0.254. The van der Waals surface area contributed by atoms with Crippen LogP contribution in [0.1, 0.15) is 6.23 Å². The summed E-state index contributed by atoms with van der Waals surface area (Å²) in [5.41, 5.74) is 0.985. The van der Waals surface area contributed by atoms with Crippen LogP contribution in [0.25, 0.3) is 23.0 Å². The van der Waals surface area contributed by atoms with E-state index in [0.29, 0.717) is 5.89 Å². The van der Waals surface area contributed by atoms with Crippen LogP contribution in [0.5, 0.6) is 0 Å². The monoisotopic (exact) mass is 375 g/mol. The van der Waals surface area contributed by atoms with Crippen molar-refractivity contribution in [2.24, 2.45) is 0 Å². The van der Waals surface area contributed by atoms with Crippen LogP contribution in [0.2, 0.25) is 0 Å². The lowest BCUT2D eigenvalue weighted by atomic mass is 9.98. The zero-order valence-corrected chi connectivity index (χ0v) is 13.9. The van der Waals surface area contributed by atoms with Crippen LogP contribution in [-0.2, 0) is 4.74 Å². The summed E-state index contributed by atoms with van der Waals surface area (Å²) >= 11 is 0. The van der Waals surface area contributed by atoms with Gasteiger partial charge in [-0.1, -0.05) is 23.4 Å². The van der Waals surface area contributed by atoms with E-state index in [4.69, 9.17) is 9.15 Å². The lowest BCUT2D eigenvalue weighted by Gasteiger charge is -2.39. The van der Waals surface area contributed by atoms with Crippen LogP contribution in [0.3, 0.4) is 0 Å². The summed E-state index contributed by atoms with van der Waals surface area (Å²) in [5, 5.41) is 54.8. The van der Waals surface area contributed by atoms with E-state index in [0.717, 1.165) is 10.2 Å². The van der Waals surface area contributed by atoms with Gasteiger partial charge in [0.1, 0.15) is 24.4 Å². The molecule has 1 aliphatic heterocycles. The van der Waals surface area contributed by atoms with Crippen LogP contribution < -0.4 is 0 Å². The summed E-state index contributed by atoms with van der Waals surface area (Å²) in [5.74, 6) is 0.428.